The summed E-state index contributed by atoms with van der Waals surface area (Å²) in [7, 11) is 0. The number of aromatic nitrogens is 4. The molecule has 0 bridgehead atoms. The fraction of sp³-hybridized carbons (Fsp3) is 0.647. The number of alkyl halides is 3. The molecule has 5 nitrogen and oxygen atoms in total. The lowest BCUT2D eigenvalue weighted by Crippen LogP contribution is -2.20. The highest BCUT2D eigenvalue weighted by atomic mass is 19.4. The first-order valence-corrected chi connectivity index (χ1v) is 8.41. The lowest BCUT2D eigenvalue weighted by Gasteiger charge is -2.20. The summed E-state index contributed by atoms with van der Waals surface area (Å²) in [6.07, 6.45) is 0.805. The molecule has 3 heterocycles. The van der Waals surface area contributed by atoms with Gasteiger partial charge in [0.2, 0.25) is 0 Å². The molecule has 2 aromatic heterocycles. The quantitative estimate of drug-likeness (QED) is 0.836. The number of rotatable bonds is 3. The summed E-state index contributed by atoms with van der Waals surface area (Å²) in [5, 5.41) is 4.19. The van der Waals surface area contributed by atoms with E-state index in [1.165, 1.54) is 0 Å². The summed E-state index contributed by atoms with van der Waals surface area (Å²) in [6, 6.07) is 1.79. The van der Waals surface area contributed by atoms with Gasteiger partial charge in [-0.3, -0.25) is 0 Å². The molecule has 2 aromatic rings. The van der Waals surface area contributed by atoms with Crippen molar-refractivity contribution in [2.75, 3.05) is 13.2 Å². The van der Waals surface area contributed by atoms with Crippen LogP contribution < -0.4 is 0 Å². The molecule has 1 saturated heterocycles. The van der Waals surface area contributed by atoms with Crippen LogP contribution in [0.25, 0.3) is 11.4 Å². The predicted octanol–water partition coefficient (Wildman–Crippen LogP) is 3.96. The van der Waals surface area contributed by atoms with E-state index in [0.29, 0.717) is 24.6 Å². The third-order valence-corrected chi connectivity index (χ3v) is 4.33. The minimum absolute atomic E-state index is 0.0479. The van der Waals surface area contributed by atoms with Crippen molar-refractivity contribution in [1.29, 1.82) is 0 Å². The normalized spacial score (nSPS) is 17.2. The third-order valence-electron chi connectivity index (χ3n) is 4.33. The van der Waals surface area contributed by atoms with E-state index in [0.717, 1.165) is 17.5 Å². The Bertz CT molecular complexity index is 721. The highest BCUT2D eigenvalue weighted by molar-refractivity contribution is 5.54. The Hall–Kier alpha value is -1.83. The fourth-order valence-electron chi connectivity index (χ4n) is 2.93. The largest absolute Gasteiger partial charge is 0.408 e. The number of halogens is 3. The van der Waals surface area contributed by atoms with Crippen LogP contribution in [0.5, 0.6) is 0 Å². The summed E-state index contributed by atoms with van der Waals surface area (Å²) in [6.45, 7) is 6.14. The van der Waals surface area contributed by atoms with E-state index in [-0.39, 0.29) is 17.3 Å². The monoisotopic (exact) mass is 356 g/mol. The van der Waals surface area contributed by atoms with Gasteiger partial charge in [0.15, 0.2) is 11.6 Å². The molecule has 0 spiro atoms. The van der Waals surface area contributed by atoms with E-state index >= 15 is 0 Å². The number of ether oxygens (including phenoxy) is 1. The number of nitrogens with zero attached hydrogens (tertiary/aromatic N) is 4. The Morgan fingerprint density at radius 2 is 1.88 bits per heavy atom. The molecule has 0 radical (unpaired) electrons. The van der Waals surface area contributed by atoms with Crippen LogP contribution in [-0.4, -0.2) is 38.7 Å². The van der Waals surface area contributed by atoms with Crippen LogP contribution in [-0.2, 0) is 16.8 Å². The van der Waals surface area contributed by atoms with Gasteiger partial charge in [-0.05, 0) is 39.7 Å². The zero-order valence-corrected chi connectivity index (χ0v) is 14.7. The maximum Gasteiger partial charge on any atom is 0.408 e. The molecule has 25 heavy (non-hydrogen) atoms. The van der Waals surface area contributed by atoms with Crippen molar-refractivity contribution in [3.05, 3.63) is 24.3 Å². The van der Waals surface area contributed by atoms with Gasteiger partial charge in [0.25, 0.3) is 0 Å². The van der Waals surface area contributed by atoms with Gasteiger partial charge in [0.1, 0.15) is 6.54 Å². The van der Waals surface area contributed by atoms with Crippen LogP contribution in [0.2, 0.25) is 0 Å². The zero-order chi connectivity index (χ0) is 18.2. The van der Waals surface area contributed by atoms with Gasteiger partial charge in [0.05, 0.1) is 0 Å². The standard InChI is InChI=1S/C17H23F3N4O/c1-16(2,3)23-7-4-13(10-23)15-21-14(12-5-8-25-9-6-12)22-24(15)11-17(18,19)20/h4,7,10,12H,5-6,8-9,11H2,1-3H3. The maximum absolute atomic E-state index is 13.0. The SMILES string of the molecule is CC(C)(C)n1ccc(-c2nc(C3CCOCC3)nn2CC(F)(F)F)c1. The topological polar surface area (TPSA) is 44.9 Å². The summed E-state index contributed by atoms with van der Waals surface area (Å²) < 4.78 is 47.2. The summed E-state index contributed by atoms with van der Waals surface area (Å²) >= 11 is 0. The average Bonchev–Trinajstić information content (AvgIpc) is 3.12. The van der Waals surface area contributed by atoms with E-state index in [1.807, 2.05) is 37.7 Å². The van der Waals surface area contributed by atoms with E-state index in [2.05, 4.69) is 10.1 Å². The van der Waals surface area contributed by atoms with Crippen molar-refractivity contribution in [3.63, 3.8) is 0 Å². The van der Waals surface area contributed by atoms with Crippen molar-refractivity contribution in [3.8, 4) is 11.4 Å². The van der Waals surface area contributed by atoms with Gasteiger partial charge in [-0.2, -0.15) is 18.3 Å². The molecule has 8 heteroatoms. The molecule has 138 valence electrons. The molecule has 0 atom stereocenters. The molecule has 0 amide bonds. The molecule has 0 aromatic carbocycles. The van der Waals surface area contributed by atoms with Gasteiger partial charge < -0.3 is 9.30 Å². The lowest BCUT2D eigenvalue weighted by atomic mass is 10.00. The molecule has 1 fully saturated rings. The Labute approximate surface area is 144 Å². The molecule has 1 aliphatic rings. The molecular weight excluding hydrogens is 333 g/mol. The van der Waals surface area contributed by atoms with Gasteiger partial charge in [0, 0.05) is 42.6 Å². The van der Waals surface area contributed by atoms with Gasteiger partial charge in [-0.15, -0.1) is 0 Å². The summed E-state index contributed by atoms with van der Waals surface area (Å²) in [5.74, 6) is 0.791. The van der Waals surface area contributed by atoms with Gasteiger partial charge >= 0.3 is 6.18 Å². The van der Waals surface area contributed by atoms with Crippen molar-refractivity contribution in [1.82, 2.24) is 19.3 Å². The van der Waals surface area contributed by atoms with Crippen LogP contribution in [0, 0.1) is 0 Å². The first-order valence-electron chi connectivity index (χ1n) is 8.41. The van der Waals surface area contributed by atoms with Crippen molar-refractivity contribution >= 4 is 0 Å². The maximum atomic E-state index is 13.0. The van der Waals surface area contributed by atoms with Gasteiger partial charge in [-0.25, -0.2) is 9.67 Å². The lowest BCUT2D eigenvalue weighted by molar-refractivity contribution is -0.142. The zero-order valence-electron chi connectivity index (χ0n) is 14.7. The third kappa shape index (κ3) is 4.23. The molecule has 3 rings (SSSR count). The van der Waals surface area contributed by atoms with Crippen LogP contribution >= 0.6 is 0 Å². The number of hydrogen-bond donors (Lipinski definition) is 0. The van der Waals surface area contributed by atoms with E-state index in [4.69, 9.17) is 4.74 Å². The average molecular weight is 356 g/mol. The second-order valence-electron chi connectivity index (χ2n) is 7.43. The summed E-state index contributed by atoms with van der Waals surface area (Å²) in [5.41, 5.74) is 0.487. The van der Waals surface area contributed by atoms with E-state index < -0.39 is 12.7 Å². The second kappa shape index (κ2) is 6.48. The van der Waals surface area contributed by atoms with Gasteiger partial charge in [-0.1, -0.05) is 0 Å². The van der Waals surface area contributed by atoms with Crippen LogP contribution in [0.4, 0.5) is 13.2 Å². The van der Waals surface area contributed by atoms with Crippen LogP contribution in [0.3, 0.4) is 0 Å². The highest BCUT2D eigenvalue weighted by Gasteiger charge is 2.32. The summed E-state index contributed by atoms with van der Waals surface area (Å²) in [4.78, 5) is 4.47. The fourth-order valence-corrected chi connectivity index (χ4v) is 2.93. The Kier molecular flexibility index (Phi) is 4.66. The molecule has 1 aliphatic heterocycles. The molecule has 0 aliphatic carbocycles. The smallest absolute Gasteiger partial charge is 0.381 e. The first kappa shape index (κ1) is 18.0. The number of hydrogen-bond acceptors (Lipinski definition) is 3. The van der Waals surface area contributed by atoms with E-state index in [1.54, 1.807) is 6.07 Å². The molecule has 0 N–H and O–H groups in total. The second-order valence-corrected chi connectivity index (χ2v) is 7.43. The molecule has 0 unspecified atom stereocenters. The minimum atomic E-state index is -4.35. The van der Waals surface area contributed by atoms with Crippen molar-refractivity contribution in [2.45, 2.75) is 57.8 Å². The highest BCUT2D eigenvalue weighted by Crippen LogP contribution is 2.30. The molecular formula is C17H23F3N4O. The Balaban J connectivity index is 1.98. The van der Waals surface area contributed by atoms with Crippen molar-refractivity contribution < 1.29 is 17.9 Å². The minimum Gasteiger partial charge on any atom is -0.381 e. The van der Waals surface area contributed by atoms with Crippen LogP contribution in [0.1, 0.15) is 45.4 Å². The Morgan fingerprint density at radius 3 is 2.44 bits per heavy atom. The van der Waals surface area contributed by atoms with Crippen LogP contribution in [0.15, 0.2) is 18.5 Å². The van der Waals surface area contributed by atoms with Crippen molar-refractivity contribution in [2.24, 2.45) is 0 Å². The predicted molar refractivity (Wildman–Crippen MR) is 87.3 cm³/mol. The van der Waals surface area contributed by atoms with E-state index in [9.17, 15) is 13.2 Å². The first-order chi connectivity index (χ1) is 11.6. The Morgan fingerprint density at radius 1 is 1.20 bits per heavy atom. The molecule has 0 saturated carbocycles.